The van der Waals surface area contributed by atoms with Crippen molar-refractivity contribution >= 4 is 63.7 Å². The van der Waals surface area contributed by atoms with Gasteiger partial charge in [-0.1, -0.05) is 40.0 Å². The highest BCUT2D eigenvalue weighted by molar-refractivity contribution is 7.16. The van der Waals surface area contributed by atoms with Crippen LogP contribution in [0.3, 0.4) is 0 Å². The van der Waals surface area contributed by atoms with Crippen molar-refractivity contribution in [3.05, 3.63) is 53.6 Å². The number of nitrogens with one attached hydrogen (secondary N) is 1. The van der Waals surface area contributed by atoms with Crippen molar-refractivity contribution in [2.75, 3.05) is 13.6 Å². The van der Waals surface area contributed by atoms with Crippen molar-refractivity contribution in [1.29, 1.82) is 5.26 Å². The number of alkyl halides is 3. The summed E-state index contributed by atoms with van der Waals surface area (Å²) in [6.07, 6.45) is -1.18. The molecule has 0 bridgehead atoms. The number of carbonyl (C=O) groups excluding carboxylic acids is 2. The third-order valence-electron chi connectivity index (χ3n) is 6.25. The van der Waals surface area contributed by atoms with Crippen LogP contribution in [0.5, 0.6) is 0 Å². The molecule has 2 amide bonds. The molecule has 0 fully saturated rings. The number of fused-ring (bicyclic) bond motifs is 1. The molecule has 0 spiro atoms. The summed E-state index contributed by atoms with van der Waals surface area (Å²) in [5.74, 6) is -1.16. The molecule has 1 aromatic carbocycles. The molecular weight excluding hydrogens is 576 g/mol. The number of hydrogen-bond acceptors (Lipinski definition) is 6. The van der Waals surface area contributed by atoms with Gasteiger partial charge in [0.05, 0.1) is 37.8 Å². The average Bonchev–Trinajstić information content (AvgIpc) is 3.48. The smallest absolute Gasteiger partial charge is 0.374 e. The van der Waals surface area contributed by atoms with Crippen LogP contribution in [0.15, 0.2) is 17.3 Å². The summed E-state index contributed by atoms with van der Waals surface area (Å²) in [5, 5.41) is 14.7. The van der Waals surface area contributed by atoms with Crippen LogP contribution in [0, 0.1) is 11.5 Å². The SMILES string of the molecule is CN(C#N)C(=O)CNC(=O)c1sc(C2=NOC(c3cc(Cl)c(Cl)c(Cl)c3)(C(F)(F)F)C2)c2c1CCCC2. The van der Waals surface area contributed by atoms with Crippen LogP contribution in [0.25, 0.3) is 0 Å². The molecule has 7 nitrogen and oxygen atoms in total. The van der Waals surface area contributed by atoms with Gasteiger partial charge in [0.2, 0.25) is 0 Å². The van der Waals surface area contributed by atoms with E-state index in [0.717, 1.165) is 52.3 Å². The second-order valence-electron chi connectivity index (χ2n) is 8.54. The van der Waals surface area contributed by atoms with E-state index in [9.17, 15) is 22.8 Å². The highest BCUT2D eigenvalue weighted by Crippen LogP contribution is 2.51. The summed E-state index contributed by atoms with van der Waals surface area (Å²) < 4.78 is 43.4. The van der Waals surface area contributed by atoms with Gasteiger partial charge in [-0.05, 0) is 48.9 Å². The van der Waals surface area contributed by atoms with Gasteiger partial charge in [0, 0.05) is 12.6 Å². The topological polar surface area (TPSA) is 94.8 Å². The summed E-state index contributed by atoms with van der Waals surface area (Å²) in [6.45, 7) is -0.399. The predicted octanol–water partition coefficient (Wildman–Crippen LogP) is 5.84. The predicted molar refractivity (Wildman–Crippen MR) is 133 cm³/mol. The fraction of sp³-hybridized carbons (Fsp3) is 0.391. The summed E-state index contributed by atoms with van der Waals surface area (Å²) in [7, 11) is 1.27. The Labute approximate surface area is 228 Å². The second kappa shape index (κ2) is 10.3. The van der Waals surface area contributed by atoms with Crippen LogP contribution in [0.2, 0.25) is 15.1 Å². The lowest BCUT2D eigenvalue weighted by atomic mass is 9.85. The van der Waals surface area contributed by atoms with Gasteiger partial charge in [-0.25, -0.2) is 0 Å². The fourth-order valence-corrected chi connectivity index (χ4v) is 6.16. The molecule has 14 heteroatoms. The summed E-state index contributed by atoms with van der Waals surface area (Å²) in [6, 6.07) is 2.11. The molecule has 2 heterocycles. The Morgan fingerprint density at radius 3 is 2.43 bits per heavy atom. The largest absolute Gasteiger partial charge is 0.435 e. The molecule has 37 heavy (non-hydrogen) atoms. The number of nitrogens with zero attached hydrogens (tertiary/aromatic N) is 3. The molecule has 1 aromatic heterocycles. The van der Waals surface area contributed by atoms with Gasteiger partial charge in [0.25, 0.3) is 17.4 Å². The summed E-state index contributed by atoms with van der Waals surface area (Å²) in [4.78, 5) is 31.5. The lowest BCUT2D eigenvalue weighted by molar-refractivity contribution is -0.275. The molecule has 0 saturated carbocycles. The molecule has 1 atom stereocenters. The van der Waals surface area contributed by atoms with E-state index in [0.29, 0.717) is 22.6 Å². The number of oxime groups is 1. The number of benzene rings is 1. The van der Waals surface area contributed by atoms with E-state index in [1.165, 1.54) is 7.05 Å². The minimum Gasteiger partial charge on any atom is -0.374 e. The van der Waals surface area contributed by atoms with Crippen molar-refractivity contribution in [3.8, 4) is 6.19 Å². The zero-order valence-corrected chi connectivity index (χ0v) is 22.2. The maximum atomic E-state index is 14.5. The molecule has 196 valence electrons. The highest BCUT2D eigenvalue weighted by atomic mass is 35.5. The Bertz CT molecular complexity index is 1330. The second-order valence-corrected chi connectivity index (χ2v) is 10.8. The average molecular weight is 594 g/mol. The van der Waals surface area contributed by atoms with Crippen molar-refractivity contribution in [3.63, 3.8) is 0 Å². The van der Waals surface area contributed by atoms with E-state index >= 15 is 0 Å². The Hall–Kier alpha value is -2.52. The summed E-state index contributed by atoms with van der Waals surface area (Å²) >= 11 is 19.0. The highest BCUT2D eigenvalue weighted by Gasteiger charge is 2.62. The van der Waals surface area contributed by atoms with Gasteiger partial charge < -0.3 is 10.2 Å². The van der Waals surface area contributed by atoms with Gasteiger partial charge in [0.15, 0.2) is 6.19 Å². The van der Waals surface area contributed by atoms with E-state index in [1.807, 2.05) is 0 Å². The molecular formula is C23H18Cl3F3N4O3S. The number of halogens is 6. The number of amides is 2. The van der Waals surface area contributed by atoms with E-state index in [1.54, 1.807) is 6.19 Å². The van der Waals surface area contributed by atoms with Crippen LogP contribution in [0.4, 0.5) is 13.2 Å². The molecule has 1 N–H and O–H groups in total. The van der Waals surface area contributed by atoms with Crippen LogP contribution < -0.4 is 5.32 Å². The lowest BCUT2D eigenvalue weighted by Crippen LogP contribution is -2.42. The zero-order valence-electron chi connectivity index (χ0n) is 19.1. The van der Waals surface area contributed by atoms with Crippen molar-refractivity contribution < 1.29 is 27.6 Å². The first-order chi connectivity index (χ1) is 17.4. The maximum Gasteiger partial charge on any atom is 0.435 e. The van der Waals surface area contributed by atoms with Crippen LogP contribution in [0.1, 0.15) is 50.5 Å². The number of thiophene rings is 1. The van der Waals surface area contributed by atoms with E-state index in [4.69, 9.17) is 44.9 Å². The zero-order chi connectivity index (χ0) is 27.1. The van der Waals surface area contributed by atoms with Crippen molar-refractivity contribution in [1.82, 2.24) is 10.2 Å². The number of nitriles is 1. The molecule has 4 rings (SSSR count). The van der Waals surface area contributed by atoms with E-state index in [2.05, 4.69) is 10.5 Å². The Balaban J connectivity index is 1.68. The van der Waals surface area contributed by atoms with Gasteiger partial charge in [0.1, 0.15) is 5.71 Å². The van der Waals surface area contributed by atoms with E-state index < -0.39 is 36.6 Å². The molecule has 1 aliphatic carbocycles. The first-order valence-corrected chi connectivity index (χ1v) is 12.9. The monoisotopic (exact) mass is 592 g/mol. The van der Waals surface area contributed by atoms with E-state index in [-0.39, 0.29) is 26.3 Å². The molecule has 2 aromatic rings. The minimum atomic E-state index is -4.89. The van der Waals surface area contributed by atoms with Crippen molar-refractivity contribution in [2.24, 2.45) is 5.16 Å². The Morgan fingerprint density at radius 1 is 1.22 bits per heavy atom. The molecule has 0 saturated heterocycles. The lowest BCUT2D eigenvalue weighted by Gasteiger charge is -2.30. The quantitative estimate of drug-likeness (QED) is 0.268. The standard InChI is InChI=1S/C23H18Cl3F3N4O3S/c1-33(10-30)17(34)9-31-21(35)20-13-5-3-2-4-12(13)19(37-20)16-8-22(36-32-16,23(27,28)29)11-6-14(24)18(26)15(25)7-11/h6-7H,2-5,8-9H2,1H3,(H,31,35). The number of rotatable bonds is 5. The Kier molecular flexibility index (Phi) is 7.68. The van der Waals surface area contributed by atoms with Gasteiger partial charge in [-0.3, -0.25) is 14.5 Å². The molecule has 2 aliphatic rings. The maximum absolute atomic E-state index is 14.5. The van der Waals surface area contributed by atoms with Gasteiger partial charge >= 0.3 is 6.18 Å². The van der Waals surface area contributed by atoms with Crippen LogP contribution in [-0.4, -0.2) is 42.2 Å². The first-order valence-electron chi connectivity index (χ1n) is 11.0. The third kappa shape index (κ3) is 5.00. The normalized spacial score (nSPS) is 18.9. The third-order valence-corrected chi connectivity index (χ3v) is 8.77. The molecule has 1 unspecified atom stereocenters. The fourth-order valence-electron chi connectivity index (χ4n) is 4.27. The molecule has 1 aliphatic heterocycles. The van der Waals surface area contributed by atoms with Gasteiger partial charge in [-0.15, -0.1) is 11.3 Å². The molecule has 0 radical (unpaired) electrons. The van der Waals surface area contributed by atoms with Crippen molar-refractivity contribution in [2.45, 2.75) is 43.9 Å². The number of likely N-dealkylation sites (N-methyl/N-ethyl adjacent to an activating group) is 1. The van der Waals surface area contributed by atoms with Gasteiger partial charge in [-0.2, -0.15) is 18.4 Å². The Morgan fingerprint density at radius 2 is 1.84 bits per heavy atom. The number of carbonyl (C=O) groups is 2. The minimum absolute atomic E-state index is 0.0435. The first kappa shape index (κ1) is 27.5. The van der Waals surface area contributed by atoms with Crippen LogP contribution >= 0.6 is 46.1 Å². The number of hydrogen-bond donors (Lipinski definition) is 1. The summed E-state index contributed by atoms with van der Waals surface area (Å²) in [5.41, 5.74) is -1.68. The van der Waals surface area contributed by atoms with Crippen LogP contribution in [-0.2, 0) is 28.1 Å².